The number of hydrogen-bond donors (Lipinski definition) is 2. The van der Waals surface area contributed by atoms with Crippen molar-refractivity contribution in [1.82, 2.24) is 0 Å². The molecule has 4 heteroatoms. The van der Waals surface area contributed by atoms with Crippen LogP contribution in [-0.4, -0.2) is 5.11 Å². The van der Waals surface area contributed by atoms with Gasteiger partial charge in [0.1, 0.15) is 11.5 Å². The van der Waals surface area contributed by atoms with Gasteiger partial charge in [-0.25, -0.2) is 0 Å². The van der Waals surface area contributed by atoms with Crippen LogP contribution in [0.2, 0.25) is 5.02 Å². The Morgan fingerprint density at radius 2 is 1.79 bits per heavy atom. The molecule has 0 aliphatic rings. The molecule has 2 aromatic rings. The second-order valence-electron chi connectivity index (χ2n) is 4.38. The van der Waals surface area contributed by atoms with Gasteiger partial charge in [-0.1, -0.05) is 29.8 Å². The van der Waals surface area contributed by atoms with Crippen LogP contribution in [0.4, 0.5) is 0 Å². The first-order valence-electron chi connectivity index (χ1n) is 6.03. The van der Waals surface area contributed by atoms with Crippen molar-refractivity contribution in [3.05, 3.63) is 58.6 Å². The maximum absolute atomic E-state index is 8.97. The molecule has 1 unspecified atom stereocenters. The number of benzene rings is 2. The standard InChI is InChI=1S/C15H16ClNO2/c1-10(17)14-7-6-13(8-15(14)16)19-12-4-2-11(9-18)3-5-12/h2-8,10,18H,9,17H2,1H3. The van der Waals surface area contributed by atoms with Gasteiger partial charge in [0, 0.05) is 11.1 Å². The van der Waals surface area contributed by atoms with Crippen molar-refractivity contribution >= 4 is 11.6 Å². The van der Waals surface area contributed by atoms with Crippen molar-refractivity contribution in [2.45, 2.75) is 19.6 Å². The van der Waals surface area contributed by atoms with Gasteiger partial charge in [-0.05, 0) is 42.3 Å². The Labute approximate surface area is 117 Å². The van der Waals surface area contributed by atoms with E-state index in [0.717, 1.165) is 11.1 Å². The molecule has 2 aromatic carbocycles. The van der Waals surface area contributed by atoms with Crippen LogP contribution < -0.4 is 10.5 Å². The molecule has 0 saturated carbocycles. The average molecular weight is 278 g/mol. The van der Waals surface area contributed by atoms with Gasteiger partial charge in [0.25, 0.3) is 0 Å². The fourth-order valence-corrected chi connectivity index (χ4v) is 2.08. The molecule has 0 aromatic heterocycles. The van der Waals surface area contributed by atoms with Crippen LogP contribution in [0.3, 0.4) is 0 Å². The molecule has 2 rings (SSSR count). The van der Waals surface area contributed by atoms with E-state index in [4.69, 9.17) is 27.2 Å². The predicted molar refractivity (Wildman–Crippen MR) is 76.5 cm³/mol. The summed E-state index contributed by atoms with van der Waals surface area (Å²) in [5.74, 6) is 1.35. The molecule has 3 N–H and O–H groups in total. The van der Waals surface area contributed by atoms with Crippen LogP contribution in [0.1, 0.15) is 24.1 Å². The summed E-state index contributed by atoms with van der Waals surface area (Å²) in [7, 11) is 0. The zero-order valence-corrected chi connectivity index (χ0v) is 11.4. The summed E-state index contributed by atoms with van der Waals surface area (Å²) in [6, 6.07) is 12.6. The van der Waals surface area contributed by atoms with Gasteiger partial charge in [-0.2, -0.15) is 0 Å². The van der Waals surface area contributed by atoms with Crippen LogP contribution in [0.5, 0.6) is 11.5 Å². The van der Waals surface area contributed by atoms with Gasteiger partial charge in [0.05, 0.1) is 6.61 Å². The summed E-state index contributed by atoms with van der Waals surface area (Å²) in [5, 5.41) is 9.56. The molecule has 0 bridgehead atoms. The lowest BCUT2D eigenvalue weighted by Gasteiger charge is -2.11. The van der Waals surface area contributed by atoms with Gasteiger partial charge in [0.2, 0.25) is 0 Å². The minimum Gasteiger partial charge on any atom is -0.457 e. The maximum atomic E-state index is 8.97. The number of hydrogen-bond acceptors (Lipinski definition) is 3. The van der Waals surface area contributed by atoms with Crippen molar-refractivity contribution in [2.75, 3.05) is 0 Å². The van der Waals surface area contributed by atoms with E-state index in [-0.39, 0.29) is 12.6 Å². The van der Waals surface area contributed by atoms with Crippen molar-refractivity contribution in [3.63, 3.8) is 0 Å². The normalized spacial score (nSPS) is 12.2. The fourth-order valence-electron chi connectivity index (χ4n) is 1.74. The Balaban J connectivity index is 2.16. The van der Waals surface area contributed by atoms with E-state index in [1.165, 1.54) is 0 Å². The minimum atomic E-state index is -0.106. The molecule has 0 radical (unpaired) electrons. The highest BCUT2D eigenvalue weighted by molar-refractivity contribution is 6.31. The Morgan fingerprint density at radius 3 is 2.32 bits per heavy atom. The number of halogens is 1. The molecule has 0 spiro atoms. The number of aliphatic hydroxyl groups excluding tert-OH is 1. The van der Waals surface area contributed by atoms with Crippen LogP contribution in [0, 0.1) is 0 Å². The molecule has 3 nitrogen and oxygen atoms in total. The van der Waals surface area contributed by atoms with E-state index in [1.807, 2.05) is 31.2 Å². The summed E-state index contributed by atoms with van der Waals surface area (Å²) in [6.45, 7) is 1.91. The molecule has 0 aliphatic heterocycles. The van der Waals surface area contributed by atoms with E-state index < -0.39 is 0 Å². The van der Waals surface area contributed by atoms with Crippen molar-refractivity contribution in [2.24, 2.45) is 5.73 Å². The number of aliphatic hydroxyl groups is 1. The van der Waals surface area contributed by atoms with Crippen LogP contribution >= 0.6 is 11.6 Å². The lowest BCUT2D eigenvalue weighted by atomic mass is 10.1. The summed E-state index contributed by atoms with van der Waals surface area (Å²) < 4.78 is 5.69. The maximum Gasteiger partial charge on any atom is 0.128 e. The molecule has 0 amide bonds. The van der Waals surface area contributed by atoms with Crippen LogP contribution in [0.25, 0.3) is 0 Å². The highest BCUT2D eigenvalue weighted by Crippen LogP contribution is 2.29. The quantitative estimate of drug-likeness (QED) is 0.897. The summed E-state index contributed by atoms with van der Waals surface area (Å²) in [6.07, 6.45) is 0. The van der Waals surface area contributed by atoms with Crippen LogP contribution in [-0.2, 0) is 6.61 Å². The number of rotatable bonds is 4. The molecular formula is C15H16ClNO2. The molecule has 1 atom stereocenters. The lowest BCUT2D eigenvalue weighted by Crippen LogP contribution is -2.05. The molecule has 0 fully saturated rings. The second-order valence-corrected chi connectivity index (χ2v) is 4.78. The Morgan fingerprint density at radius 1 is 1.16 bits per heavy atom. The van der Waals surface area contributed by atoms with E-state index >= 15 is 0 Å². The summed E-state index contributed by atoms with van der Waals surface area (Å²) in [4.78, 5) is 0. The van der Waals surface area contributed by atoms with Gasteiger partial charge in [-0.15, -0.1) is 0 Å². The smallest absolute Gasteiger partial charge is 0.128 e. The second kappa shape index (κ2) is 6.06. The summed E-state index contributed by atoms with van der Waals surface area (Å²) >= 11 is 6.15. The van der Waals surface area contributed by atoms with E-state index in [0.29, 0.717) is 16.5 Å². The largest absolute Gasteiger partial charge is 0.457 e. The van der Waals surface area contributed by atoms with Gasteiger partial charge < -0.3 is 15.6 Å². The Hall–Kier alpha value is -1.55. The van der Waals surface area contributed by atoms with E-state index in [2.05, 4.69) is 0 Å². The van der Waals surface area contributed by atoms with Gasteiger partial charge in [0.15, 0.2) is 0 Å². The first kappa shape index (κ1) is 13.9. The number of ether oxygens (including phenoxy) is 1. The Kier molecular flexibility index (Phi) is 4.43. The third kappa shape index (κ3) is 3.47. The molecule has 100 valence electrons. The van der Waals surface area contributed by atoms with Crippen molar-refractivity contribution < 1.29 is 9.84 Å². The molecule has 0 saturated heterocycles. The monoisotopic (exact) mass is 277 g/mol. The average Bonchev–Trinajstić information content (AvgIpc) is 2.39. The molecule has 0 aliphatic carbocycles. The third-order valence-electron chi connectivity index (χ3n) is 2.80. The Bertz CT molecular complexity index is 553. The zero-order chi connectivity index (χ0) is 13.8. The van der Waals surface area contributed by atoms with E-state index in [9.17, 15) is 0 Å². The van der Waals surface area contributed by atoms with E-state index in [1.54, 1.807) is 18.2 Å². The highest BCUT2D eigenvalue weighted by Gasteiger charge is 2.07. The first-order chi connectivity index (χ1) is 9.10. The molecule has 0 heterocycles. The van der Waals surface area contributed by atoms with Gasteiger partial charge in [-0.3, -0.25) is 0 Å². The first-order valence-corrected chi connectivity index (χ1v) is 6.40. The van der Waals surface area contributed by atoms with Crippen molar-refractivity contribution in [1.29, 1.82) is 0 Å². The lowest BCUT2D eigenvalue weighted by molar-refractivity contribution is 0.281. The topological polar surface area (TPSA) is 55.5 Å². The SMILES string of the molecule is CC(N)c1ccc(Oc2ccc(CO)cc2)cc1Cl. The van der Waals surface area contributed by atoms with Crippen LogP contribution in [0.15, 0.2) is 42.5 Å². The van der Waals surface area contributed by atoms with Gasteiger partial charge >= 0.3 is 0 Å². The highest BCUT2D eigenvalue weighted by atomic mass is 35.5. The predicted octanol–water partition coefficient (Wildman–Crippen LogP) is 3.64. The number of nitrogens with two attached hydrogens (primary N) is 1. The minimum absolute atomic E-state index is 0.0230. The van der Waals surface area contributed by atoms with Crippen molar-refractivity contribution in [3.8, 4) is 11.5 Å². The third-order valence-corrected chi connectivity index (χ3v) is 3.13. The molecule has 19 heavy (non-hydrogen) atoms. The fraction of sp³-hybridized carbons (Fsp3) is 0.200. The zero-order valence-electron chi connectivity index (χ0n) is 10.6. The summed E-state index contributed by atoms with van der Waals surface area (Å²) in [5.41, 5.74) is 7.54. The molecular weight excluding hydrogens is 262 g/mol.